The molecule has 1 aliphatic heterocycles. The van der Waals surface area contributed by atoms with Gasteiger partial charge in [0.15, 0.2) is 0 Å². The predicted molar refractivity (Wildman–Crippen MR) is 50.5 cm³/mol. The van der Waals surface area contributed by atoms with Crippen molar-refractivity contribution < 1.29 is 17.9 Å². The number of rotatable bonds is 5. The minimum absolute atomic E-state index is 0.250. The lowest BCUT2D eigenvalue weighted by Gasteiger charge is -2.12. The molecule has 1 atom stereocenters. The zero-order valence-electron chi connectivity index (χ0n) is 8.81. The Morgan fingerprint density at radius 3 is 2.73 bits per heavy atom. The lowest BCUT2D eigenvalue weighted by Crippen LogP contribution is -2.29. The molecule has 1 rings (SSSR count). The van der Waals surface area contributed by atoms with E-state index in [2.05, 4.69) is 15.0 Å². The van der Waals surface area contributed by atoms with Gasteiger partial charge >= 0.3 is 6.36 Å². The van der Waals surface area contributed by atoms with Gasteiger partial charge in [-0.25, -0.2) is 0 Å². The third-order valence-corrected chi connectivity index (χ3v) is 2.47. The van der Waals surface area contributed by atoms with Crippen LogP contribution in [0.2, 0.25) is 0 Å². The fraction of sp³-hybridized carbons (Fsp3) is 1.00. The van der Waals surface area contributed by atoms with Crippen LogP contribution in [0.25, 0.3) is 0 Å². The van der Waals surface area contributed by atoms with Gasteiger partial charge in [0.05, 0.1) is 6.61 Å². The van der Waals surface area contributed by atoms with Crippen LogP contribution in [0.3, 0.4) is 0 Å². The number of hydrogen-bond donors (Lipinski definition) is 1. The first-order valence-corrected chi connectivity index (χ1v) is 5.07. The molecule has 1 fully saturated rings. The molecule has 0 aromatic carbocycles. The molecular formula is C9H17F3N2O. The molecule has 90 valence electrons. The first kappa shape index (κ1) is 12.7. The molecule has 1 saturated heterocycles. The highest BCUT2D eigenvalue weighted by Gasteiger charge is 2.28. The minimum Gasteiger partial charge on any atom is -0.314 e. The molecule has 0 aromatic heterocycles. The highest BCUT2D eigenvalue weighted by molar-refractivity contribution is 4.74. The van der Waals surface area contributed by atoms with Crippen LogP contribution in [-0.4, -0.2) is 51.1 Å². The van der Waals surface area contributed by atoms with E-state index in [4.69, 9.17) is 0 Å². The van der Waals surface area contributed by atoms with Gasteiger partial charge in [-0.1, -0.05) is 0 Å². The maximum absolute atomic E-state index is 11.6. The molecule has 0 spiro atoms. The van der Waals surface area contributed by atoms with E-state index in [9.17, 15) is 13.2 Å². The smallest absolute Gasteiger partial charge is 0.314 e. The average molecular weight is 226 g/mol. The van der Waals surface area contributed by atoms with Gasteiger partial charge in [0, 0.05) is 13.1 Å². The summed E-state index contributed by atoms with van der Waals surface area (Å²) in [7, 11) is 2.05. The summed E-state index contributed by atoms with van der Waals surface area (Å²) in [5.74, 6) is 0.556. The molecule has 0 saturated carbocycles. The van der Waals surface area contributed by atoms with E-state index in [-0.39, 0.29) is 13.2 Å². The fourth-order valence-electron chi connectivity index (χ4n) is 1.74. The summed E-state index contributed by atoms with van der Waals surface area (Å²) in [6.07, 6.45) is -3.39. The van der Waals surface area contributed by atoms with Crippen molar-refractivity contribution in [2.75, 3.05) is 39.8 Å². The van der Waals surface area contributed by atoms with Crippen molar-refractivity contribution >= 4 is 0 Å². The fourth-order valence-corrected chi connectivity index (χ4v) is 1.74. The zero-order valence-corrected chi connectivity index (χ0v) is 8.81. The van der Waals surface area contributed by atoms with E-state index >= 15 is 0 Å². The number of likely N-dealkylation sites (tertiary alicyclic amines) is 1. The lowest BCUT2D eigenvalue weighted by molar-refractivity contribution is -0.323. The molecule has 0 aromatic rings. The van der Waals surface area contributed by atoms with Crippen LogP contribution in [0.15, 0.2) is 0 Å². The summed E-state index contributed by atoms with van der Waals surface area (Å²) >= 11 is 0. The quantitative estimate of drug-likeness (QED) is 0.709. The first-order valence-electron chi connectivity index (χ1n) is 5.07. The predicted octanol–water partition coefficient (Wildman–Crippen LogP) is 1.06. The largest absolute Gasteiger partial charge is 0.522 e. The number of hydrogen-bond acceptors (Lipinski definition) is 3. The summed E-state index contributed by atoms with van der Waals surface area (Å²) in [4.78, 5) is 2.22. The number of halogens is 3. The SMILES string of the molecule is CN1CCC(CNCCOC(F)(F)F)C1. The van der Waals surface area contributed by atoms with Crippen LogP contribution in [0.4, 0.5) is 13.2 Å². The van der Waals surface area contributed by atoms with Gasteiger partial charge in [-0.2, -0.15) is 0 Å². The summed E-state index contributed by atoms with van der Waals surface area (Å²) in [6.45, 7) is 2.80. The van der Waals surface area contributed by atoms with E-state index in [0.29, 0.717) is 5.92 Å². The Morgan fingerprint density at radius 1 is 1.47 bits per heavy atom. The van der Waals surface area contributed by atoms with Crippen molar-refractivity contribution in [1.29, 1.82) is 0 Å². The average Bonchev–Trinajstić information content (AvgIpc) is 2.49. The van der Waals surface area contributed by atoms with Crippen molar-refractivity contribution in [3.05, 3.63) is 0 Å². The Hall–Kier alpha value is -0.330. The van der Waals surface area contributed by atoms with Gasteiger partial charge < -0.3 is 10.2 Å². The molecule has 0 bridgehead atoms. The maximum Gasteiger partial charge on any atom is 0.522 e. The molecular weight excluding hydrogens is 209 g/mol. The Kier molecular flexibility index (Phi) is 4.82. The van der Waals surface area contributed by atoms with E-state index in [1.54, 1.807) is 0 Å². The molecule has 0 radical (unpaired) electrons. The highest BCUT2D eigenvalue weighted by Crippen LogP contribution is 2.15. The first-order chi connectivity index (χ1) is 6.97. The molecule has 1 N–H and O–H groups in total. The van der Waals surface area contributed by atoms with Crippen LogP contribution in [0, 0.1) is 5.92 Å². The van der Waals surface area contributed by atoms with Crippen LogP contribution < -0.4 is 5.32 Å². The zero-order chi connectivity index (χ0) is 11.3. The van der Waals surface area contributed by atoms with E-state index in [1.165, 1.54) is 0 Å². The molecule has 3 nitrogen and oxygen atoms in total. The van der Waals surface area contributed by atoms with E-state index in [0.717, 1.165) is 26.1 Å². The number of alkyl halides is 3. The molecule has 15 heavy (non-hydrogen) atoms. The van der Waals surface area contributed by atoms with Crippen molar-refractivity contribution in [1.82, 2.24) is 10.2 Å². The standard InChI is InChI=1S/C9H17F3N2O/c1-14-4-2-8(7-14)6-13-3-5-15-9(10,11)12/h8,13H,2-7H2,1H3. The molecule has 1 aliphatic rings. The van der Waals surface area contributed by atoms with Crippen LogP contribution in [0.1, 0.15) is 6.42 Å². The Balaban J connectivity index is 1.93. The van der Waals surface area contributed by atoms with Crippen molar-refractivity contribution in [3.63, 3.8) is 0 Å². The van der Waals surface area contributed by atoms with Crippen molar-refractivity contribution in [3.8, 4) is 0 Å². The van der Waals surface area contributed by atoms with Gasteiger partial charge in [-0.05, 0) is 32.5 Å². The summed E-state index contributed by atoms with van der Waals surface area (Å²) < 4.78 is 38.4. The number of ether oxygens (including phenoxy) is 1. The van der Waals surface area contributed by atoms with Crippen LogP contribution >= 0.6 is 0 Å². The van der Waals surface area contributed by atoms with Gasteiger partial charge in [-0.15, -0.1) is 13.2 Å². The van der Waals surface area contributed by atoms with Crippen molar-refractivity contribution in [2.24, 2.45) is 5.92 Å². The summed E-state index contributed by atoms with van der Waals surface area (Å²) in [5.41, 5.74) is 0. The summed E-state index contributed by atoms with van der Waals surface area (Å²) in [5, 5.41) is 2.97. The molecule has 1 unspecified atom stereocenters. The topological polar surface area (TPSA) is 24.5 Å². The van der Waals surface area contributed by atoms with Crippen molar-refractivity contribution in [2.45, 2.75) is 12.8 Å². The highest BCUT2D eigenvalue weighted by atomic mass is 19.4. The van der Waals surface area contributed by atoms with Crippen LogP contribution in [-0.2, 0) is 4.74 Å². The van der Waals surface area contributed by atoms with Gasteiger partial charge in [0.2, 0.25) is 0 Å². The molecule has 6 heteroatoms. The second-order valence-electron chi connectivity index (χ2n) is 3.92. The third-order valence-electron chi connectivity index (χ3n) is 2.47. The van der Waals surface area contributed by atoms with E-state index in [1.807, 2.05) is 7.05 Å². The molecule has 0 amide bonds. The Labute approximate surface area is 87.6 Å². The molecule has 0 aliphatic carbocycles. The third kappa shape index (κ3) is 5.96. The second kappa shape index (κ2) is 5.67. The second-order valence-corrected chi connectivity index (χ2v) is 3.92. The monoisotopic (exact) mass is 226 g/mol. The minimum atomic E-state index is -4.50. The Bertz CT molecular complexity index is 187. The van der Waals surface area contributed by atoms with Gasteiger partial charge in [0.1, 0.15) is 0 Å². The lowest BCUT2D eigenvalue weighted by atomic mass is 10.1. The summed E-state index contributed by atoms with van der Waals surface area (Å²) in [6, 6.07) is 0. The van der Waals surface area contributed by atoms with E-state index < -0.39 is 6.36 Å². The maximum atomic E-state index is 11.6. The molecule has 1 heterocycles. The number of nitrogens with one attached hydrogen (secondary N) is 1. The Morgan fingerprint density at radius 2 is 2.20 bits per heavy atom. The van der Waals surface area contributed by atoms with Gasteiger partial charge in [0.25, 0.3) is 0 Å². The number of nitrogens with zero attached hydrogens (tertiary/aromatic N) is 1. The van der Waals surface area contributed by atoms with Gasteiger partial charge in [-0.3, -0.25) is 4.74 Å². The van der Waals surface area contributed by atoms with Crippen LogP contribution in [0.5, 0.6) is 0 Å². The normalized spacial score (nSPS) is 23.6.